The smallest absolute Gasteiger partial charge is 0.302 e. The highest BCUT2D eigenvalue weighted by Gasteiger charge is 2.69. The number of esters is 1. The van der Waals surface area contributed by atoms with Crippen molar-refractivity contribution in [3.63, 3.8) is 0 Å². The van der Waals surface area contributed by atoms with Gasteiger partial charge in [0, 0.05) is 18.8 Å². The molecule has 1 unspecified atom stereocenters. The number of Topliss-reactive ketones (excluding diaryl/α,β-unsaturated/α-hetero) is 1. The van der Waals surface area contributed by atoms with Crippen molar-refractivity contribution in [3.8, 4) is 0 Å². The highest BCUT2D eigenvalue weighted by Crippen LogP contribution is 2.74. The summed E-state index contributed by atoms with van der Waals surface area (Å²) in [5.41, 5.74) is 0.711. The topological polar surface area (TPSA) is 104 Å². The minimum absolute atomic E-state index is 0.0405. The molecular weight excluding hydrogens is 480 g/mol. The molecule has 38 heavy (non-hydrogen) atoms. The Morgan fingerprint density at radius 3 is 2.32 bits per heavy atom. The standard InChI is InChI=1S/C32H52O6/c1-18(16-23(38-19(2)33)27(36)29(5,6)37)20-10-14-31(8)21(20)17-22(34)26-30(7)13-12-25(35)28(3,4)24(30)11-15-32(26,31)9/h18,22-24,26-27,34,36-37H,10-17H2,1-9H3/t18-,22+,23+,24?,26+,27+,30+,31+,32+/m1/s1. The van der Waals surface area contributed by atoms with Crippen molar-refractivity contribution in [2.24, 2.45) is 39.4 Å². The lowest BCUT2D eigenvalue weighted by Crippen LogP contribution is -2.65. The fourth-order valence-electron chi connectivity index (χ4n) is 10.1. The first kappa shape index (κ1) is 29.7. The van der Waals surface area contributed by atoms with Crippen LogP contribution in [0.15, 0.2) is 11.1 Å². The number of aliphatic hydroxyl groups is 3. The largest absolute Gasteiger partial charge is 0.460 e. The van der Waals surface area contributed by atoms with Crippen LogP contribution < -0.4 is 0 Å². The summed E-state index contributed by atoms with van der Waals surface area (Å²) in [4.78, 5) is 24.8. The van der Waals surface area contributed by atoms with E-state index in [1.807, 2.05) is 0 Å². The van der Waals surface area contributed by atoms with Crippen molar-refractivity contribution in [2.75, 3.05) is 0 Å². The normalized spacial score (nSPS) is 41.1. The van der Waals surface area contributed by atoms with Gasteiger partial charge in [0.1, 0.15) is 18.0 Å². The number of fused-ring (bicyclic) bond motifs is 5. The highest BCUT2D eigenvalue weighted by atomic mass is 16.6. The van der Waals surface area contributed by atoms with Crippen LogP contribution in [0.3, 0.4) is 0 Å². The van der Waals surface area contributed by atoms with Crippen LogP contribution in [0.2, 0.25) is 0 Å². The molecule has 3 N–H and O–H groups in total. The van der Waals surface area contributed by atoms with Crippen molar-refractivity contribution >= 4 is 11.8 Å². The first-order valence-electron chi connectivity index (χ1n) is 14.8. The van der Waals surface area contributed by atoms with E-state index < -0.39 is 29.9 Å². The molecule has 4 rings (SSSR count). The number of rotatable bonds is 6. The van der Waals surface area contributed by atoms with Crippen molar-refractivity contribution in [2.45, 2.75) is 138 Å². The third-order valence-electron chi connectivity index (χ3n) is 12.2. The number of aliphatic hydroxyl groups excluding tert-OH is 2. The fraction of sp³-hybridized carbons (Fsp3) is 0.875. The van der Waals surface area contributed by atoms with Crippen LogP contribution >= 0.6 is 0 Å². The van der Waals surface area contributed by atoms with Gasteiger partial charge in [-0.1, -0.05) is 52.7 Å². The molecule has 0 aromatic carbocycles. The molecule has 0 bridgehead atoms. The quantitative estimate of drug-likeness (QED) is 0.314. The second-order valence-electron chi connectivity index (χ2n) is 15.1. The second-order valence-corrected chi connectivity index (χ2v) is 15.1. The summed E-state index contributed by atoms with van der Waals surface area (Å²) in [6.45, 7) is 17.9. The molecule has 4 aliphatic carbocycles. The molecule has 6 heteroatoms. The summed E-state index contributed by atoms with van der Waals surface area (Å²) in [5.74, 6) is 0.356. The van der Waals surface area contributed by atoms with E-state index in [-0.39, 0.29) is 39.4 Å². The molecule has 4 aliphatic rings. The first-order valence-corrected chi connectivity index (χ1v) is 14.8. The number of allylic oxidation sites excluding steroid dienone is 1. The van der Waals surface area contributed by atoms with Gasteiger partial charge in [-0.05, 0) is 92.8 Å². The average Bonchev–Trinajstić information content (AvgIpc) is 3.12. The molecule has 3 fully saturated rings. The maximum absolute atomic E-state index is 12.9. The number of carbonyl (C=O) groups excluding carboxylic acids is 2. The molecule has 0 spiro atoms. The number of ether oxygens (including phenoxy) is 1. The molecule has 0 saturated heterocycles. The Kier molecular flexibility index (Phi) is 7.36. The summed E-state index contributed by atoms with van der Waals surface area (Å²) in [6.07, 6.45) is 4.01. The number of carbonyl (C=O) groups is 2. The predicted octanol–water partition coefficient (Wildman–Crippen LogP) is 5.37. The van der Waals surface area contributed by atoms with Crippen molar-refractivity contribution in [1.82, 2.24) is 0 Å². The van der Waals surface area contributed by atoms with E-state index in [1.165, 1.54) is 31.9 Å². The highest BCUT2D eigenvalue weighted by molar-refractivity contribution is 5.85. The first-order chi connectivity index (χ1) is 17.3. The monoisotopic (exact) mass is 532 g/mol. The summed E-state index contributed by atoms with van der Waals surface area (Å²) in [6, 6.07) is 0. The second kappa shape index (κ2) is 9.41. The SMILES string of the molecule is CC(=O)O[C@@H](C[C@@H](C)C1=C2C[C@H](O)[C@H]3[C@@]4(C)CCC(=O)C(C)(C)C4CC[C@]3(C)[C@@]2(C)CC1)[C@H](O)C(C)(C)O. The van der Waals surface area contributed by atoms with Crippen molar-refractivity contribution < 1.29 is 29.6 Å². The third-order valence-corrected chi connectivity index (χ3v) is 12.2. The van der Waals surface area contributed by atoms with E-state index in [9.17, 15) is 24.9 Å². The third kappa shape index (κ3) is 4.32. The van der Waals surface area contributed by atoms with Gasteiger partial charge in [0.25, 0.3) is 0 Å². The summed E-state index contributed by atoms with van der Waals surface area (Å²) < 4.78 is 5.51. The molecule has 0 aliphatic heterocycles. The van der Waals surface area contributed by atoms with E-state index in [4.69, 9.17) is 4.74 Å². The Hall–Kier alpha value is -1.24. The number of ketones is 1. The Bertz CT molecular complexity index is 1010. The molecular formula is C32H52O6. The van der Waals surface area contributed by atoms with Gasteiger partial charge in [-0.3, -0.25) is 9.59 Å². The van der Waals surface area contributed by atoms with Crippen LogP contribution in [-0.2, 0) is 14.3 Å². The van der Waals surface area contributed by atoms with Gasteiger partial charge in [-0.15, -0.1) is 0 Å². The van der Waals surface area contributed by atoms with Crippen LogP contribution in [0.25, 0.3) is 0 Å². The van der Waals surface area contributed by atoms with Gasteiger partial charge >= 0.3 is 5.97 Å². The Morgan fingerprint density at radius 1 is 1.11 bits per heavy atom. The fourth-order valence-corrected chi connectivity index (χ4v) is 10.1. The lowest BCUT2D eigenvalue weighted by molar-refractivity contribution is -0.208. The Labute approximate surface area is 229 Å². The van der Waals surface area contributed by atoms with Crippen molar-refractivity contribution in [3.05, 3.63) is 11.1 Å². The van der Waals surface area contributed by atoms with Gasteiger partial charge in [-0.2, -0.15) is 0 Å². The zero-order valence-electron chi connectivity index (χ0n) is 25.2. The lowest BCUT2D eigenvalue weighted by atomic mass is 9.36. The zero-order chi connectivity index (χ0) is 28.6. The van der Waals surface area contributed by atoms with Crippen LogP contribution in [0.5, 0.6) is 0 Å². The molecule has 0 aromatic heterocycles. The van der Waals surface area contributed by atoms with E-state index in [0.717, 1.165) is 32.1 Å². The van der Waals surface area contributed by atoms with Crippen molar-refractivity contribution in [1.29, 1.82) is 0 Å². The predicted molar refractivity (Wildman–Crippen MR) is 147 cm³/mol. The van der Waals surface area contributed by atoms with Crippen LogP contribution in [-0.4, -0.2) is 51.0 Å². The summed E-state index contributed by atoms with van der Waals surface area (Å²) in [7, 11) is 0. The molecule has 9 atom stereocenters. The van der Waals surface area contributed by atoms with Crippen LogP contribution in [0.1, 0.15) is 114 Å². The number of hydrogen-bond donors (Lipinski definition) is 3. The minimum Gasteiger partial charge on any atom is -0.460 e. The van der Waals surface area contributed by atoms with Crippen LogP contribution in [0.4, 0.5) is 0 Å². The van der Waals surface area contributed by atoms with E-state index >= 15 is 0 Å². The molecule has 216 valence electrons. The maximum Gasteiger partial charge on any atom is 0.302 e. The average molecular weight is 533 g/mol. The summed E-state index contributed by atoms with van der Waals surface area (Å²) in [5, 5.41) is 33.1. The van der Waals surface area contributed by atoms with Gasteiger partial charge < -0.3 is 20.1 Å². The maximum atomic E-state index is 12.9. The molecule has 0 amide bonds. The van der Waals surface area contributed by atoms with Gasteiger partial charge in [0.15, 0.2) is 0 Å². The number of hydrogen-bond acceptors (Lipinski definition) is 6. The molecule has 0 radical (unpaired) electrons. The van der Waals surface area contributed by atoms with E-state index in [2.05, 4.69) is 41.5 Å². The zero-order valence-corrected chi connectivity index (χ0v) is 25.2. The molecule has 3 saturated carbocycles. The molecule has 0 heterocycles. The molecule has 0 aromatic rings. The Morgan fingerprint density at radius 2 is 1.74 bits per heavy atom. The molecule has 6 nitrogen and oxygen atoms in total. The van der Waals surface area contributed by atoms with Gasteiger partial charge in [0.05, 0.1) is 11.7 Å². The lowest BCUT2D eigenvalue weighted by Gasteiger charge is -2.69. The van der Waals surface area contributed by atoms with Gasteiger partial charge in [-0.25, -0.2) is 0 Å². The van der Waals surface area contributed by atoms with E-state index in [0.29, 0.717) is 25.0 Å². The summed E-state index contributed by atoms with van der Waals surface area (Å²) >= 11 is 0. The Balaban J connectivity index is 1.68. The van der Waals surface area contributed by atoms with Crippen LogP contribution in [0, 0.1) is 39.4 Å². The van der Waals surface area contributed by atoms with Gasteiger partial charge in [0.2, 0.25) is 0 Å². The minimum atomic E-state index is -1.40. The van der Waals surface area contributed by atoms with E-state index in [1.54, 1.807) is 0 Å².